The number of ether oxygens (including phenoxy) is 1. The van der Waals surface area contributed by atoms with Crippen LogP contribution in [-0.2, 0) is 4.74 Å². The maximum atomic E-state index is 9.06. The first-order valence-corrected chi connectivity index (χ1v) is 5.94. The summed E-state index contributed by atoms with van der Waals surface area (Å²) in [6.07, 6.45) is 4.48. The van der Waals surface area contributed by atoms with Crippen LogP contribution in [0.3, 0.4) is 0 Å². The molecule has 0 aromatic rings. The van der Waals surface area contributed by atoms with Gasteiger partial charge >= 0.3 is 0 Å². The molecule has 3 heteroatoms. The summed E-state index contributed by atoms with van der Waals surface area (Å²) in [6, 6.07) is 2.33. The highest BCUT2D eigenvalue weighted by molar-refractivity contribution is 5.03. The second-order valence-electron chi connectivity index (χ2n) is 4.64. The third-order valence-electron chi connectivity index (χ3n) is 2.81. The molecule has 1 rings (SSSR count). The Morgan fingerprint density at radius 3 is 2.80 bits per heavy atom. The standard InChI is InChI=1S/C12H22N2O/c1-3-7-14-12(2,10-13)6-8-15-9-11-4-5-11/h11,14H,3-9H2,1-2H3. The molecule has 1 N–H and O–H groups in total. The van der Waals surface area contributed by atoms with Crippen LogP contribution in [0.2, 0.25) is 0 Å². The molecule has 0 saturated heterocycles. The lowest BCUT2D eigenvalue weighted by molar-refractivity contribution is 0.109. The van der Waals surface area contributed by atoms with Crippen molar-refractivity contribution in [2.75, 3.05) is 19.8 Å². The molecule has 1 aliphatic rings. The molecule has 1 atom stereocenters. The van der Waals surface area contributed by atoms with Crippen LogP contribution in [-0.4, -0.2) is 25.3 Å². The van der Waals surface area contributed by atoms with Gasteiger partial charge in [0.25, 0.3) is 0 Å². The average Bonchev–Trinajstić information content (AvgIpc) is 3.05. The average molecular weight is 210 g/mol. The molecule has 0 heterocycles. The summed E-state index contributed by atoms with van der Waals surface area (Å²) in [4.78, 5) is 0. The first kappa shape index (κ1) is 12.5. The van der Waals surface area contributed by atoms with E-state index in [1.54, 1.807) is 0 Å². The summed E-state index contributed by atoms with van der Waals surface area (Å²) in [5.74, 6) is 0.807. The Bertz CT molecular complexity index is 220. The van der Waals surface area contributed by atoms with Crippen molar-refractivity contribution >= 4 is 0 Å². The van der Waals surface area contributed by atoms with Gasteiger partial charge in [-0.2, -0.15) is 5.26 Å². The van der Waals surface area contributed by atoms with Gasteiger partial charge in [0.15, 0.2) is 0 Å². The van der Waals surface area contributed by atoms with E-state index in [0.29, 0.717) is 6.61 Å². The van der Waals surface area contributed by atoms with E-state index >= 15 is 0 Å². The van der Waals surface area contributed by atoms with Crippen molar-refractivity contribution in [1.82, 2.24) is 5.32 Å². The Labute approximate surface area is 92.8 Å². The van der Waals surface area contributed by atoms with Crippen molar-refractivity contribution in [2.24, 2.45) is 5.92 Å². The molecule has 0 amide bonds. The minimum atomic E-state index is -0.417. The first-order chi connectivity index (χ1) is 7.20. The van der Waals surface area contributed by atoms with Crippen molar-refractivity contribution in [3.05, 3.63) is 0 Å². The number of hydrogen-bond donors (Lipinski definition) is 1. The Morgan fingerprint density at radius 1 is 1.53 bits per heavy atom. The largest absolute Gasteiger partial charge is 0.381 e. The van der Waals surface area contributed by atoms with Crippen LogP contribution in [0.1, 0.15) is 39.5 Å². The van der Waals surface area contributed by atoms with E-state index in [1.807, 2.05) is 6.92 Å². The summed E-state index contributed by atoms with van der Waals surface area (Å²) in [6.45, 7) is 6.52. The number of hydrogen-bond acceptors (Lipinski definition) is 3. The van der Waals surface area contributed by atoms with Gasteiger partial charge in [0.2, 0.25) is 0 Å². The Balaban J connectivity index is 2.10. The fourth-order valence-electron chi connectivity index (χ4n) is 1.40. The predicted molar refractivity (Wildman–Crippen MR) is 60.5 cm³/mol. The Kier molecular flexibility index (Phi) is 5.07. The lowest BCUT2D eigenvalue weighted by Gasteiger charge is -2.22. The van der Waals surface area contributed by atoms with Gasteiger partial charge in [-0.05, 0) is 38.6 Å². The lowest BCUT2D eigenvalue weighted by atomic mass is 10.0. The zero-order chi connectivity index (χ0) is 11.1. The van der Waals surface area contributed by atoms with E-state index in [1.165, 1.54) is 12.8 Å². The second-order valence-corrected chi connectivity index (χ2v) is 4.64. The topological polar surface area (TPSA) is 45.0 Å². The van der Waals surface area contributed by atoms with Crippen molar-refractivity contribution < 1.29 is 4.74 Å². The van der Waals surface area contributed by atoms with Gasteiger partial charge in [0.1, 0.15) is 5.54 Å². The predicted octanol–water partition coefficient (Wildman–Crippen LogP) is 2.08. The molecule has 0 spiro atoms. The highest BCUT2D eigenvalue weighted by atomic mass is 16.5. The maximum absolute atomic E-state index is 9.06. The van der Waals surface area contributed by atoms with Crippen molar-refractivity contribution in [1.29, 1.82) is 5.26 Å². The molecule has 1 unspecified atom stereocenters. The maximum Gasteiger partial charge on any atom is 0.106 e. The summed E-state index contributed by atoms with van der Waals surface area (Å²) in [5, 5.41) is 12.3. The summed E-state index contributed by atoms with van der Waals surface area (Å²) in [5.41, 5.74) is -0.417. The molecule has 0 bridgehead atoms. The fourth-order valence-corrected chi connectivity index (χ4v) is 1.40. The third kappa shape index (κ3) is 5.15. The molecule has 0 radical (unpaired) electrons. The SMILES string of the molecule is CCCNC(C)(C#N)CCOCC1CC1. The molecule has 0 aliphatic heterocycles. The normalized spacial score (nSPS) is 19.5. The molecule has 0 aromatic heterocycles. The highest BCUT2D eigenvalue weighted by Crippen LogP contribution is 2.28. The number of rotatable bonds is 8. The van der Waals surface area contributed by atoms with Gasteiger partial charge in [-0.3, -0.25) is 5.32 Å². The van der Waals surface area contributed by atoms with Crippen LogP contribution in [0.15, 0.2) is 0 Å². The van der Waals surface area contributed by atoms with Crippen LogP contribution >= 0.6 is 0 Å². The smallest absolute Gasteiger partial charge is 0.106 e. The highest BCUT2D eigenvalue weighted by Gasteiger charge is 2.24. The quantitative estimate of drug-likeness (QED) is 0.624. The molecule has 1 aliphatic carbocycles. The molecule has 1 saturated carbocycles. The van der Waals surface area contributed by atoms with E-state index in [2.05, 4.69) is 18.3 Å². The fraction of sp³-hybridized carbons (Fsp3) is 0.917. The van der Waals surface area contributed by atoms with Crippen LogP contribution in [0.25, 0.3) is 0 Å². The molecule has 3 nitrogen and oxygen atoms in total. The van der Waals surface area contributed by atoms with E-state index < -0.39 is 5.54 Å². The van der Waals surface area contributed by atoms with Gasteiger partial charge in [0.05, 0.1) is 6.07 Å². The van der Waals surface area contributed by atoms with E-state index in [0.717, 1.165) is 31.9 Å². The summed E-state index contributed by atoms with van der Waals surface area (Å²) < 4.78 is 5.54. The minimum absolute atomic E-state index is 0.417. The zero-order valence-corrected chi connectivity index (χ0v) is 9.88. The van der Waals surface area contributed by atoms with Crippen molar-refractivity contribution in [3.8, 4) is 6.07 Å². The first-order valence-electron chi connectivity index (χ1n) is 5.94. The van der Waals surface area contributed by atoms with Gasteiger partial charge in [-0.15, -0.1) is 0 Å². The van der Waals surface area contributed by atoms with Crippen molar-refractivity contribution in [2.45, 2.75) is 45.1 Å². The number of nitrogens with one attached hydrogen (secondary N) is 1. The number of nitriles is 1. The van der Waals surface area contributed by atoms with Crippen LogP contribution < -0.4 is 5.32 Å². The molecule has 0 aromatic carbocycles. The van der Waals surface area contributed by atoms with Gasteiger partial charge in [0, 0.05) is 19.6 Å². The van der Waals surface area contributed by atoms with E-state index in [-0.39, 0.29) is 0 Å². The molecule has 15 heavy (non-hydrogen) atoms. The van der Waals surface area contributed by atoms with Crippen LogP contribution in [0, 0.1) is 17.2 Å². The van der Waals surface area contributed by atoms with E-state index in [4.69, 9.17) is 10.00 Å². The van der Waals surface area contributed by atoms with Crippen LogP contribution in [0.4, 0.5) is 0 Å². The van der Waals surface area contributed by atoms with Crippen LogP contribution in [0.5, 0.6) is 0 Å². The monoisotopic (exact) mass is 210 g/mol. The Hall–Kier alpha value is -0.590. The molecule has 86 valence electrons. The molecular weight excluding hydrogens is 188 g/mol. The van der Waals surface area contributed by atoms with Crippen molar-refractivity contribution in [3.63, 3.8) is 0 Å². The van der Waals surface area contributed by atoms with Gasteiger partial charge in [-0.25, -0.2) is 0 Å². The van der Waals surface area contributed by atoms with Gasteiger partial charge < -0.3 is 4.74 Å². The Morgan fingerprint density at radius 2 is 2.27 bits per heavy atom. The number of nitrogens with zero attached hydrogens (tertiary/aromatic N) is 1. The molecule has 1 fully saturated rings. The summed E-state index contributed by atoms with van der Waals surface area (Å²) in [7, 11) is 0. The van der Waals surface area contributed by atoms with Gasteiger partial charge in [-0.1, -0.05) is 6.92 Å². The molecular formula is C12H22N2O. The minimum Gasteiger partial charge on any atom is -0.381 e. The summed E-state index contributed by atoms with van der Waals surface area (Å²) >= 11 is 0. The lowest BCUT2D eigenvalue weighted by Crippen LogP contribution is -2.42. The third-order valence-corrected chi connectivity index (χ3v) is 2.81. The second kappa shape index (κ2) is 6.09. The zero-order valence-electron chi connectivity index (χ0n) is 9.88. The van der Waals surface area contributed by atoms with E-state index in [9.17, 15) is 0 Å².